The van der Waals surface area contributed by atoms with Crippen molar-refractivity contribution in [1.29, 1.82) is 0 Å². The second kappa shape index (κ2) is 13.2. The molecule has 0 aromatic heterocycles. The fraction of sp³-hybridized carbons (Fsp3) is 0.800. The van der Waals surface area contributed by atoms with Crippen molar-refractivity contribution in [2.45, 2.75) is 7.85 Å². The zero-order chi connectivity index (χ0) is 15.5. The van der Waals surface area contributed by atoms with Gasteiger partial charge in [0.15, 0.2) is 0 Å². The Labute approximate surface area is 172 Å². The first-order valence-electron chi connectivity index (χ1n) is 5.59. The molecule has 0 aliphatic heterocycles. The van der Waals surface area contributed by atoms with Gasteiger partial charge in [-0.2, -0.15) is 5.06 Å². The first-order valence-corrected chi connectivity index (χ1v) is 11.1. The molecule has 0 aliphatic rings. The van der Waals surface area contributed by atoms with E-state index in [1.807, 2.05) is 45.2 Å². The van der Waals surface area contributed by atoms with Gasteiger partial charge in [-0.1, -0.05) is 90.4 Å². The number of halogens is 4. The molecule has 0 saturated carbocycles. The van der Waals surface area contributed by atoms with Gasteiger partial charge in [0.2, 0.25) is 0 Å². The fourth-order valence-corrected chi connectivity index (χ4v) is 2.00. The van der Waals surface area contributed by atoms with Gasteiger partial charge in [-0.05, 0) is 0 Å². The third-order valence-corrected chi connectivity index (χ3v) is 9.00. The molecule has 2 unspecified atom stereocenters. The number of hydroxylamine groups is 2. The number of ether oxygens (including phenoxy) is 2. The molecule has 20 heavy (non-hydrogen) atoms. The van der Waals surface area contributed by atoms with E-state index >= 15 is 0 Å². The summed E-state index contributed by atoms with van der Waals surface area (Å²) in [5.41, 5.74) is 0. The SMILES string of the molecule is O=C(OCCN(O)CCOC(=O)C(I)CI)C(I)CI. The number of hydrogen-bond donors (Lipinski definition) is 1. The van der Waals surface area contributed by atoms with E-state index in [1.54, 1.807) is 0 Å². The van der Waals surface area contributed by atoms with Crippen LogP contribution in [0.4, 0.5) is 0 Å². The predicted molar refractivity (Wildman–Crippen MR) is 109 cm³/mol. The molecule has 0 amide bonds. The van der Waals surface area contributed by atoms with Crippen LogP contribution in [0.15, 0.2) is 0 Å². The summed E-state index contributed by atoms with van der Waals surface area (Å²) in [4.78, 5) is 22.7. The molecule has 6 nitrogen and oxygen atoms in total. The molecular formula is C10H15I4NO5. The van der Waals surface area contributed by atoms with Crippen molar-refractivity contribution >= 4 is 102 Å². The molecular weight excluding hydrogens is 722 g/mol. The second-order valence-corrected chi connectivity index (χ2v) is 8.30. The fourth-order valence-electron chi connectivity index (χ4n) is 0.922. The van der Waals surface area contributed by atoms with Crippen molar-refractivity contribution in [3.05, 3.63) is 0 Å². The van der Waals surface area contributed by atoms with E-state index < -0.39 is 0 Å². The highest BCUT2D eigenvalue weighted by atomic mass is 127. The van der Waals surface area contributed by atoms with Crippen molar-refractivity contribution in [3.63, 3.8) is 0 Å². The number of alkyl halides is 4. The number of nitrogens with zero attached hydrogens (tertiary/aromatic N) is 1. The molecule has 0 rings (SSSR count). The van der Waals surface area contributed by atoms with Crippen LogP contribution in [0.1, 0.15) is 0 Å². The van der Waals surface area contributed by atoms with Gasteiger partial charge < -0.3 is 14.7 Å². The van der Waals surface area contributed by atoms with E-state index in [9.17, 15) is 14.8 Å². The van der Waals surface area contributed by atoms with Gasteiger partial charge in [0, 0.05) is 8.86 Å². The summed E-state index contributed by atoms with van der Waals surface area (Å²) in [6.45, 7) is 0.603. The zero-order valence-electron chi connectivity index (χ0n) is 10.4. The summed E-state index contributed by atoms with van der Waals surface area (Å²) >= 11 is 8.24. The lowest BCUT2D eigenvalue weighted by atomic mass is 10.5. The summed E-state index contributed by atoms with van der Waals surface area (Å²) < 4.78 is 11.0. The Bertz CT molecular complexity index is 279. The Morgan fingerprint density at radius 2 is 1.30 bits per heavy atom. The van der Waals surface area contributed by atoms with Crippen molar-refractivity contribution in [2.75, 3.05) is 35.2 Å². The van der Waals surface area contributed by atoms with Crippen molar-refractivity contribution in [2.24, 2.45) is 0 Å². The average molecular weight is 737 g/mol. The molecule has 118 valence electrons. The summed E-state index contributed by atoms with van der Waals surface area (Å²) in [6.07, 6.45) is 0. The highest BCUT2D eigenvalue weighted by Crippen LogP contribution is 2.07. The molecule has 0 aromatic rings. The van der Waals surface area contributed by atoms with E-state index in [4.69, 9.17) is 9.47 Å². The molecule has 0 spiro atoms. The lowest BCUT2D eigenvalue weighted by Gasteiger charge is -2.15. The third kappa shape index (κ3) is 10.5. The molecule has 0 radical (unpaired) electrons. The van der Waals surface area contributed by atoms with Crippen LogP contribution in [-0.4, -0.2) is 65.2 Å². The van der Waals surface area contributed by atoms with Crippen molar-refractivity contribution in [1.82, 2.24) is 5.06 Å². The van der Waals surface area contributed by atoms with E-state index in [-0.39, 0.29) is 46.1 Å². The number of carbonyl (C=O) groups is 2. The smallest absolute Gasteiger partial charge is 0.319 e. The monoisotopic (exact) mass is 737 g/mol. The van der Waals surface area contributed by atoms with Crippen LogP contribution in [0.5, 0.6) is 0 Å². The summed E-state index contributed by atoms with van der Waals surface area (Å²) in [5.74, 6) is -0.566. The van der Waals surface area contributed by atoms with Gasteiger partial charge >= 0.3 is 11.9 Å². The molecule has 0 saturated heterocycles. The maximum atomic E-state index is 11.4. The van der Waals surface area contributed by atoms with Crippen LogP contribution < -0.4 is 0 Å². The van der Waals surface area contributed by atoms with E-state index in [2.05, 4.69) is 45.2 Å². The van der Waals surface area contributed by atoms with Crippen LogP contribution in [0.2, 0.25) is 0 Å². The largest absolute Gasteiger partial charge is 0.463 e. The lowest BCUT2D eigenvalue weighted by molar-refractivity contribution is -0.152. The summed E-state index contributed by atoms with van der Waals surface area (Å²) in [7, 11) is 0. The summed E-state index contributed by atoms with van der Waals surface area (Å²) in [5, 5.41) is 10.5. The Hall–Kier alpha value is 1.78. The third-order valence-electron chi connectivity index (χ3n) is 1.97. The minimum absolute atomic E-state index is 0.113. The molecule has 0 heterocycles. The molecule has 2 atom stereocenters. The van der Waals surface area contributed by atoms with Crippen LogP contribution in [-0.2, 0) is 19.1 Å². The van der Waals surface area contributed by atoms with E-state index in [0.717, 1.165) is 5.06 Å². The van der Waals surface area contributed by atoms with E-state index in [0.29, 0.717) is 8.86 Å². The average Bonchev–Trinajstić information content (AvgIpc) is 2.44. The van der Waals surface area contributed by atoms with Gasteiger partial charge in [-0.3, -0.25) is 9.59 Å². The maximum absolute atomic E-state index is 11.4. The van der Waals surface area contributed by atoms with E-state index in [1.165, 1.54) is 0 Å². The molecule has 0 fully saturated rings. The Morgan fingerprint density at radius 1 is 0.950 bits per heavy atom. The number of hydrogen-bond acceptors (Lipinski definition) is 6. The van der Waals surface area contributed by atoms with Crippen LogP contribution in [0.25, 0.3) is 0 Å². The molecule has 10 heteroatoms. The standard InChI is InChI=1S/C10H15I4NO5/c11-5-7(13)9(16)19-3-1-15(18)2-4-20-10(17)8(14)6-12/h7-8,18H,1-6H2. The Morgan fingerprint density at radius 3 is 1.60 bits per heavy atom. The van der Waals surface area contributed by atoms with Gasteiger partial charge in [-0.25, -0.2) is 0 Å². The molecule has 0 bridgehead atoms. The molecule has 0 aliphatic carbocycles. The lowest BCUT2D eigenvalue weighted by Crippen LogP contribution is -2.31. The molecule has 0 aromatic carbocycles. The zero-order valence-corrected chi connectivity index (χ0v) is 19.1. The number of carbonyl (C=O) groups excluding carboxylic acids is 2. The molecule has 1 N–H and O–H groups in total. The number of rotatable bonds is 10. The predicted octanol–water partition coefficient (Wildman–Crippen LogP) is 2.24. The van der Waals surface area contributed by atoms with Gasteiger partial charge in [0.1, 0.15) is 21.1 Å². The summed E-state index contributed by atoms with van der Waals surface area (Å²) in [6, 6.07) is 0. The minimum Gasteiger partial charge on any atom is -0.463 e. The van der Waals surface area contributed by atoms with Crippen LogP contribution in [0.3, 0.4) is 0 Å². The first kappa shape index (κ1) is 21.8. The highest BCUT2D eigenvalue weighted by molar-refractivity contribution is 14.1. The van der Waals surface area contributed by atoms with Gasteiger partial charge in [0.05, 0.1) is 13.1 Å². The highest BCUT2D eigenvalue weighted by Gasteiger charge is 2.16. The van der Waals surface area contributed by atoms with Gasteiger partial charge in [0.25, 0.3) is 0 Å². The first-order chi connectivity index (χ1) is 9.42. The van der Waals surface area contributed by atoms with Crippen LogP contribution in [0, 0.1) is 0 Å². The number of esters is 2. The second-order valence-electron chi connectivity index (χ2n) is 3.53. The Kier molecular flexibility index (Phi) is 14.4. The minimum atomic E-state index is -0.283. The van der Waals surface area contributed by atoms with Crippen molar-refractivity contribution in [3.8, 4) is 0 Å². The Balaban J connectivity index is 3.67. The van der Waals surface area contributed by atoms with Crippen molar-refractivity contribution < 1.29 is 24.3 Å². The van der Waals surface area contributed by atoms with Crippen LogP contribution >= 0.6 is 90.4 Å². The maximum Gasteiger partial charge on any atom is 0.319 e. The normalized spacial score (nSPS) is 13.9. The quantitative estimate of drug-likeness (QED) is 0.161. The topological polar surface area (TPSA) is 76.1 Å². The van der Waals surface area contributed by atoms with Gasteiger partial charge in [-0.15, -0.1) is 0 Å².